The molecule has 1 fully saturated rings. The molecular formula is C16H25N7. The molecule has 3 rings (SSSR count). The molecule has 0 radical (unpaired) electrons. The van der Waals surface area contributed by atoms with Crippen molar-refractivity contribution in [2.75, 3.05) is 43.4 Å². The van der Waals surface area contributed by atoms with E-state index in [4.69, 9.17) is 0 Å². The standard InChI is InChI=1S/C16H25N7/c1-17-15-10-16(20-13-19-15)22-7-2-4-14(12-22)11-18-6-9-23-8-3-5-21-23/h3,5,8,10,13-14,18H,2,4,6-7,9,11-12H2,1H3,(H,17,19,20)/t14-/m0/s1. The van der Waals surface area contributed by atoms with E-state index < -0.39 is 0 Å². The molecule has 0 saturated carbocycles. The smallest absolute Gasteiger partial charge is 0.134 e. The third kappa shape index (κ3) is 4.41. The normalized spacial score (nSPS) is 18.1. The third-order valence-corrected chi connectivity index (χ3v) is 4.26. The van der Waals surface area contributed by atoms with Crippen LogP contribution in [0.3, 0.4) is 0 Å². The maximum atomic E-state index is 4.42. The number of nitrogens with zero attached hydrogens (tertiary/aromatic N) is 5. The van der Waals surface area contributed by atoms with Crippen LogP contribution in [0, 0.1) is 5.92 Å². The molecular weight excluding hydrogens is 290 g/mol. The quantitative estimate of drug-likeness (QED) is 0.749. The molecule has 0 bridgehead atoms. The van der Waals surface area contributed by atoms with Crippen LogP contribution in [-0.4, -0.2) is 53.0 Å². The molecule has 2 aromatic rings. The second kappa shape index (κ2) is 7.92. The fraction of sp³-hybridized carbons (Fsp3) is 0.562. The summed E-state index contributed by atoms with van der Waals surface area (Å²) in [4.78, 5) is 11.0. The molecule has 1 aliphatic rings. The van der Waals surface area contributed by atoms with Crippen LogP contribution in [0.4, 0.5) is 11.6 Å². The van der Waals surface area contributed by atoms with Gasteiger partial charge in [0.05, 0.1) is 6.54 Å². The van der Waals surface area contributed by atoms with Crippen molar-refractivity contribution in [2.24, 2.45) is 5.92 Å². The molecule has 1 saturated heterocycles. The molecule has 0 unspecified atom stereocenters. The van der Waals surface area contributed by atoms with Crippen molar-refractivity contribution in [2.45, 2.75) is 19.4 Å². The predicted molar refractivity (Wildman–Crippen MR) is 91.6 cm³/mol. The van der Waals surface area contributed by atoms with Crippen LogP contribution >= 0.6 is 0 Å². The van der Waals surface area contributed by atoms with E-state index in [-0.39, 0.29) is 0 Å². The summed E-state index contributed by atoms with van der Waals surface area (Å²) in [7, 11) is 1.88. The van der Waals surface area contributed by atoms with E-state index in [1.54, 1.807) is 6.33 Å². The summed E-state index contributed by atoms with van der Waals surface area (Å²) in [5.74, 6) is 2.55. The monoisotopic (exact) mass is 315 g/mol. The molecule has 2 N–H and O–H groups in total. The molecule has 0 spiro atoms. The Kier molecular flexibility index (Phi) is 5.42. The zero-order valence-electron chi connectivity index (χ0n) is 13.6. The molecule has 7 nitrogen and oxygen atoms in total. The van der Waals surface area contributed by atoms with E-state index in [9.17, 15) is 0 Å². The summed E-state index contributed by atoms with van der Waals surface area (Å²) >= 11 is 0. The number of rotatable bonds is 7. The summed E-state index contributed by atoms with van der Waals surface area (Å²) in [6.45, 7) is 5.04. The van der Waals surface area contributed by atoms with Gasteiger partial charge in [-0.15, -0.1) is 0 Å². The van der Waals surface area contributed by atoms with Crippen LogP contribution in [0.2, 0.25) is 0 Å². The average Bonchev–Trinajstić information content (AvgIpc) is 3.12. The maximum absolute atomic E-state index is 4.42. The van der Waals surface area contributed by atoms with E-state index in [0.29, 0.717) is 5.92 Å². The zero-order valence-corrected chi connectivity index (χ0v) is 13.6. The molecule has 23 heavy (non-hydrogen) atoms. The van der Waals surface area contributed by atoms with E-state index in [0.717, 1.165) is 44.4 Å². The zero-order chi connectivity index (χ0) is 15.9. The van der Waals surface area contributed by atoms with E-state index in [1.807, 2.05) is 36.3 Å². The van der Waals surface area contributed by atoms with Gasteiger partial charge in [0.1, 0.15) is 18.0 Å². The van der Waals surface area contributed by atoms with Crippen molar-refractivity contribution in [3.05, 3.63) is 30.9 Å². The highest BCUT2D eigenvalue weighted by Crippen LogP contribution is 2.22. The van der Waals surface area contributed by atoms with Gasteiger partial charge >= 0.3 is 0 Å². The molecule has 0 aromatic carbocycles. The van der Waals surface area contributed by atoms with Gasteiger partial charge in [0, 0.05) is 45.1 Å². The summed E-state index contributed by atoms with van der Waals surface area (Å²) in [6.07, 6.45) is 7.94. The largest absolute Gasteiger partial charge is 0.373 e. The SMILES string of the molecule is CNc1cc(N2CCC[C@@H](CNCCn3cccn3)C2)ncn1. The number of hydrogen-bond donors (Lipinski definition) is 2. The number of nitrogens with one attached hydrogen (secondary N) is 2. The van der Waals surface area contributed by atoms with Crippen molar-refractivity contribution in [3.8, 4) is 0 Å². The van der Waals surface area contributed by atoms with Gasteiger partial charge in [-0.2, -0.15) is 5.10 Å². The molecule has 0 aliphatic carbocycles. The van der Waals surface area contributed by atoms with Crippen LogP contribution in [0.15, 0.2) is 30.9 Å². The lowest BCUT2D eigenvalue weighted by atomic mass is 9.98. The van der Waals surface area contributed by atoms with Gasteiger partial charge in [0.2, 0.25) is 0 Å². The molecule has 124 valence electrons. The van der Waals surface area contributed by atoms with Crippen LogP contribution in [0.25, 0.3) is 0 Å². The van der Waals surface area contributed by atoms with E-state index in [1.165, 1.54) is 12.8 Å². The highest BCUT2D eigenvalue weighted by molar-refractivity contribution is 5.48. The molecule has 7 heteroatoms. The van der Waals surface area contributed by atoms with Crippen molar-refractivity contribution in [3.63, 3.8) is 0 Å². The summed E-state index contributed by atoms with van der Waals surface area (Å²) in [6, 6.07) is 3.98. The Morgan fingerprint density at radius 3 is 3.13 bits per heavy atom. The first-order chi connectivity index (χ1) is 11.3. The fourth-order valence-electron chi connectivity index (χ4n) is 3.03. The van der Waals surface area contributed by atoms with Crippen molar-refractivity contribution >= 4 is 11.6 Å². The fourth-order valence-corrected chi connectivity index (χ4v) is 3.03. The van der Waals surface area contributed by atoms with Crippen LogP contribution in [-0.2, 0) is 6.54 Å². The Labute approximate surface area is 137 Å². The molecule has 1 atom stereocenters. The van der Waals surface area contributed by atoms with Crippen LogP contribution in [0.1, 0.15) is 12.8 Å². The van der Waals surface area contributed by atoms with Crippen molar-refractivity contribution in [1.82, 2.24) is 25.1 Å². The number of hydrogen-bond acceptors (Lipinski definition) is 6. The Balaban J connectivity index is 1.46. The Hall–Kier alpha value is -2.15. The second-order valence-corrected chi connectivity index (χ2v) is 5.94. The number of anilines is 2. The molecule has 3 heterocycles. The highest BCUT2D eigenvalue weighted by atomic mass is 15.3. The summed E-state index contributed by atoms with van der Waals surface area (Å²) in [5, 5.41) is 10.8. The summed E-state index contributed by atoms with van der Waals surface area (Å²) in [5.41, 5.74) is 0. The van der Waals surface area contributed by atoms with E-state index in [2.05, 4.69) is 30.6 Å². The lowest BCUT2D eigenvalue weighted by Gasteiger charge is -2.33. The molecule has 1 aliphatic heterocycles. The predicted octanol–water partition coefficient (Wildman–Crippen LogP) is 1.22. The van der Waals surface area contributed by atoms with Gasteiger partial charge in [-0.1, -0.05) is 0 Å². The van der Waals surface area contributed by atoms with Crippen LogP contribution < -0.4 is 15.5 Å². The summed E-state index contributed by atoms with van der Waals surface area (Å²) < 4.78 is 1.96. The lowest BCUT2D eigenvalue weighted by molar-refractivity contribution is 0.385. The average molecular weight is 315 g/mol. The first kappa shape index (κ1) is 15.7. The minimum Gasteiger partial charge on any atom is -0.373 e. The van der Waals surface area contributed by atoms with Gasteiger partial charge in [-0.05, 0) is 31.4 Å². The minimum absolute atomic E-state index is 0.661. The Morgan fingerprint density at radius 2 is 2.30 bits per heavy atom. The van der Waals surface area contributed by atoms with Crippen molar-refractivity contribution in [1.29, 1.82) is 0 Å². The topological polar surface area (TPSA) is 70.9 Å². The maximum Gasteiger partial charge on any atom is 0.134 e. The van der Waals surface area contributed by atoms with Crippen molar-refractivity contribution < 1.29 is 0 Å². The number of aromatic nitrogens is 4. The first-order valence-corrected chi connectivity index (χ1v) is 8.28. The van der Waals surface area contributed by atoms with Gasteiger partial charge in [-0.3, -0.25) is 4.68 Å². The van der Waals surface area contributed by atoms with E-state index >= 15 is 0 Å². The molecule has 2 aromatic heterocycles. The Morgan fingerprint density at radius 1 is 1.35 bits per heavy atom. The highest BCUT2D eigenvalue weighted by Gasteiger charge is 2.20. The Bertz CT molecular complexity index is 584. The van der Waals surface area contributed by atoms with Gasteiger partial charge in [-0.25, -0.2) is 9.97 Å². The second-order valence-electron chi connectivity index (χ2n) is 5.94. The first-order valence-electron chi connectivity index (χ1n) is 8.28. The van der Waals surface area contributed by atoms with Gasteiger partial charge in [0.15, 0.2) is 0 Å². The lowest BCUT2D eigenvalue weighted by Crippen LogP contribution is -2.40. The molecule has 0 amide bonds. The van der Waals surface area contributed by atoms with Gasteiger partial charge < -0.3 is 15.5 Å². The number of piperidine rings is 1. The van der Waals surface area contributed by atoms with Crippen LogP contribution in [0.5, 0.6) is 0 Å². The minimum atomic E-state index is 0.661. The van der Waals surface area contributed by atoms with Gasteiger partial charge in [0.25, 0.3) is 0 Å². The third-order valence-electron chi connectivity index (χ3n) is 4.26.